The molecular weight excluding hydrogens is 182 g/mol. The number of hydrogen-bond acceptors (Lipinski definition) is 1. The van der Waals surface area contributed by atoms with Gasteiger partial charge in [-0.1, -0.05) is 12.6 Å². The Morgan fingerprint density at radius 3 is 2.60 bits per heavy atom. The predicted molar refractivity (Wildman–Crippen MR) is 66.3 cm³/mol. The summed E-state index contributed by atoms with van der Waals surface area (Å²) in [6.45, 7) is 9.61. The summed E-state index contributed by atoms with van der Waals surface area (Å²) in [7, 11) is 0. The van der Waals surface area contributed by atoms with E-state index >= 15 is 0 Å². The fraction of sp³-hybridized carbons (Fsp3) is 0.429. The Kier molecular flexibility index (Phi) is 2.81. The molecule has 0 radical (unpaired) electrons. The van der Waals surface area contributed by atoms with Crippen molar-refractivity contribution < 1.29 is 0 Å². The van der Waals surface area contributed by atoms with Gasteiger partial charge in [0.25, 0.3) is 0 Å². The minimum atomic E-state index is 1.13. The van der Waals surface area contributed by atoms with Crippen LogP contribution in [-0.2, 0) is 0 Å². The number of aryl methyl sites for hydroxylation is 2. The van der Waals surface area contributed by atoms with Gasteiger partial charge in [0.05, 0.1) is 0 Å². The Balaban J connectivity index is 2.28. The van der Waals surface area contributed by atoms with Crippen molar-refractivity contribution in [2.45, 2.75) is 33.1 Å². The summed E-state index contributed by atoms with van der Waals surface area (Å²) >= 11 is 0. The van der Waals surface area contributed by atoms with Crippen LogP contribution in [0.5, 0.6) is 0 Å². The number of benzene rings is 1. The lowest BCUT2D eigenvalue weighted by molar-refractivity contribution is 0.641. The minimum absolute atomic E-state index is 1.13. The second-order valence-corrected chi connectivity index (χ2v) is 4.44. The Bertz CT molecular complexity index is 379. The molecule has 1 aromatic carbocycles. The van der Waals surface area contributed by atoms with Gasteiger partial charge >= 0.3 is 0 Å². The summed E-state index contributed by atoms with van der Waals surface area (Å²) in [6, 6.07) is 6.68. The molecule has 0 aliphatic carbocycles. The highest BCUT2D eigenvalue weighted by Crippen LogP contribution is 2.27. The molecule has 1 nitrogen and oxygen atoms in total. The van der Waals surface area contributed by atoms with Crippen LogP contribution in [-0.4, -0.2) is 6.54 Å². The van der Waals surface area contributed by atoms with E-state index in [1.54, 1.807) is 0 Å². The Morgan fingerprint density at radius 2 is 1.93 bits per heavy atom. The third-order valence-electron chi connectivity index (χ3n) is 3.28. The predicted octanol–water partition coefficient (Wildman–Crippen LogP) is 3.81. The van der Waals surface area contributed by atoms with E-state index in [0.717, 1.165) is 13.0 Å². The van der Waals surface area contributed by atoms with Gasteiger partial charge in [-0.2, -0.15) is 0 Å². The number of hydrogen-bond donors (Lipinski definition) is 0. The molecule has 1 aliphatic heterocycles. The van der Waals surface area contributed by atoms with E-state index in [9.17, 15) is 0 Å². The smallest absolute Gasteiger partial charge is 0.0410 e. The highest BCUT2D eigenvalue weighted by atomic mass is 15.1. The Labute approximate surface area is 92.4 Å². The van der Waals surface area contributed by atoms with Crippen molar-refractivity contribution in [3.8, 4) is 0 Å². The molecule has 0 saturated carbocycles. The molecule has 1 saturated heterocycles. The summed E-state index contributed by atoms with van der Waals surface area (Å²) < 4.78 is 0. The lowest BCUT2D eigenvalue weighted by Crippen LogP contribution is -2.26. The zero-order valence-corrected chi connectivity index (χ0v) is 9.71. The molecule has 0 amide bonds. The zero-order chi connectivity index (χ0) is 10.8. The molecule has 0 spiro atoms. The molecule has 1 heteroatoms. The SMILES string of the molecule is C=C1CCCCN1c1ccc(C)c(C)c1. The average Bonchev–Trinajstić information content (AvgIpc) is 2.23. The maximum absolute atomic E-state index is 4.15. The number of nitrogens with zero attached hydrogens (tertiary/aromatic N) is 1. The second-order valence-electron chi connectivity index (χ2n) is 4.44. The van der Waals surface area contributed by atoms with E-state index in [2.05, 4.69) is 43.5 Å². The first-order chi connectivity index (χ1) is 7.18. The third-order valence-corrected chi connectivity index (χ3v) is 3.28. The normalized spacial score (nSPS) is 16.9. The molecule has 1 heterocycles. The van der Waals surface area contributed by atoms with Gasteiger partial charge in [-0.15, -0.1) is 0 Å². The molecule has 0 N–H and O–H groups in total. The van der Waals surface area contributed by atoms with Gasteiger partial charge in [0.1, 0.15) is 0 Å². The molecule has 0 unspecified atom stereocenters. The highest BCUT2D eigenvalue weighted by Gasteiger charge is 2.14. The van der Waals surface area contributed by atoms with Gasteiger partial charge in [0.2, 0.25) is 0 Å². The van der Waals surface area contributed by atoms with Crippen LogP contribution in [0.2, 0.25) is 0 Å². The van der Waals surface area contributed by atoms with Crippen LogP contribution in [0.1, 0.15) is 30.4 Å². The molecule has 80 valence electrons. The van der Waals surface area contributed by atoms with E-state index in [-0.39, 0.29) is 0 Å². The van der Waals surface area contributed by atoms with Crippen molar-refractivity contribution in [3.05, 3.63) is 41.6 Å². The molecule has 2 rings (SSSR count). The molecule has 0 atom stereocenters. The van der Waals surface area contributed by atoms with E-state index in [1.807, 2.05) is 0 Å². The first-order valence-electron chi connectivity index (χ1n) is 5.71. The van der Waals surface area contributed by atoms with Gasteiger partial charge in [0.15, 0.2) is 0 Å². The molecular formula is C14H19N. The van der Waals surface area contributed by atoms with E-state index in [4.69, 9.17) is 0 Å². The lowest BCUT2D eigenvalue weighted by Gasteiger charge is -2.31. The fourth-order valence-corrected chi connectivity index (χ4v) is 2.10. The molecule has 0 bridgehead atoms. The summed E-state index contributed by atoms with van der Waals surface area (Å²) in [5, 5.41) is 0. The van der Waals surface area contributed by atoms with Crippen molar-refractivity contribution in [2.24, 2.45) is 0 Å². The maximum Gasteiger partial charge on any atom is 0.0410 e. The number of piperidine rings is 1. The number of allylic oxidation sites excluding steroid dienone is 1. The maximum atomic E-state index is 4.15. The van der Waals surface area contributed by atoms with Crippen LogP contribution in [0.25, 0.3) is 0 Å². The largest absolute Gasteiger partial charge is 0.346 e. The van der Waals surface area contributed by atoms with E-state index in [1.165, 1.54) is 35.4 Å². The Morgan fingerprint density at radius 1 is 1.13 bits per heavy atom. The van der Waals surface area contributed by atoms with Crippen LogP contribution in [0.15, 0.2) is 30.5 Å². The standard InChI is InChI=1S/C14H19N/c1-11-7-8-14(10-12(11)2)15-9-5-4-6-13(15)3/h7-8,10H,3-6,9H2,1-2H3. The van der Waals surface area contributed by atoms with Gasteiger partial charge < -0.3 is 4.90 Å². The van der Waals surface area contributed by atoms with E-state index in [0.29, 0.717) is 0 Å². The van der Waals surface area contributed by atoms with Crippen molar-refractivity contribution in [2.75, 3.05) is 11.4 Å². The quantitative estimate of drug-likeness (QED) is 0.668. The van der Waals surface area contributed by atoms with Gasteiger partial charge in [-0.3, -0.25) is 0 Å². The Hall–Kier alpha value is -1.24. The average molecular weight is 201 g/mol. The first-order valence-corrected chi connectivity index (χ1v) is 5.71. The summed E-state index contributed by atoms with van der Waals surface area (Å²) in [6.07, 6.45) is 3.72. The van der Waals surface area contributed by atoms with Crippen molar-refractivity contribution >= 4 is 5.69 Å². The monoisotopic (exact) mass is 201 g/mol. The topological polar surface area (TPSA) is 3.24 Å². The van der Waals surface area contributed by atoms with Crippen LogP contribution in [0, 0.1) is 13.8 Å². The van der Waals surface area contributed by atoms with Gasteiger partial charge in [-0.05, 0) is 56.4 Å². The molecule has 1 aliphatic rings. The fourth-order valence-electron chi connectivity index (χ4n) is 2.10. The van der Waals surface area contributed by atoms with Gasteiger partial charge in [-0.25, -0.2) is 0 Å². The molecule has 0 aromatic heterocycles. The third kappa shape index (κ3) is 2.06. The van der Waals surface area contributed by atoms with Crippen molar-refractivity contribution in [3.63, 3.8) is 0 Å². The van der Waals surface area contributed by atoms with Crippen molar-refractivity contribution in [1.29, 1.82) is 0 Å². The summed E-state index contributed by atoms with van der Waals surface area (Å²) in [5.74, 6) is 0. The van der Waals surface area contributed by atoms with Crippen LogP contribution in [0.4, 0.5) is 5.69 Å². The zero-order valence-electron chi connectivity index (χ0n) is 9.71. The molecule has 15 heavy (non-hydrogen) atoms. The summed E-state index contributed by atoms with van der Waals surface area (Å²) in [4.78, 5) is 2.36. The van der Waals surface area contributed by atoms with Crippen LogP contribution < -0.4 is 4.90 Å². The van der Waals surface area contributed by atoms with Gasteiger partial charge in [0, 0.05) is 17.9 Å². The van der Waals surface area contributed by atoms with Crippen LogP contribution >= 0.6 is 0 Å². The van der Waals surface area contributed by atoms with Crippen LogP contribution in [0.3, 0.4) is 0 Å². The minimum Gasteiger partial charge on any atom is -0.346 e. The van der Waals surface area contributed by atoms with Crippen molar-refractivity contribution in [1.82, 2.24) is 0 Å². The summed E-state index contributed by atoms with van der Waals surface area (Å²) in [5.41, 5.74) is 5.31. The molecule has 1 aromatic rings. The highest BCUT2D eigenvalue weighted by molar-refractivity contribution is 5.55. The van der Waals surface area contributed by atoms with E-state index < -0.39 is 0 Å². The lowest BCUT2D eigenvalue weighted by atomic mass is 10.0. The number of anilines is 1. The molecule has 1 fully saturated rings. The first kappa shape index (κ1) is 10.3. The number of rotatable bonds is 1. The second kappa shape index (κ2) is 4.09.